The molecule has 1 aliphatic rings. The summed E-state index contributed by atoms with van der Waals surface area (Å²) in [7, 11) is 0. The Labute approximate surface area is 91.3 Å². The fourth-order valence-electron chi connectivity index (χ4n) is 1.86. The molecule has 1 aromatic rings. The van der Waals surface area contributed by atoms with Crippen molar-refractivity contribution in [2.75, 3.05) is 17.2 Å². The third-order valence-electron chi connectivity index (χ3n) is 2.65. The molecule has 0 saturated heterocycles. The highest BCUT2D eigenvalue weighted by molar-refractivity contribution is 5.53. The van der Waals surface area contributed by atoms with Gasteiger partial charge in [-0.3, -0.25) is 0 Å². The third-order valence-corrected chi connectivity index (χ3v) is 2.65. The molecule has 0 aromatic carbocycles. The highest BCUT2D eigenvalue weighted by Gasteiger charge is 2.29. The lowest BCUT2D eigenvalue weighted by atomic mass is 10.2. The van der Waals surface area contributed by atoms with Crippen LogP contribution in [0.2, 0.25) is 0 Å². The van der Waals surface area contributed by atoms with E-state index in [1.54, 1.807) is 6.20 Å². The van der Waals surface area contributed by atoms with E-state index in [-0.39, 0.29) is 0 Å². The van der Waals surface area contributed by atoms with Gasteiger partial charge >= 0.3 is 0 Å². The van der Waals surface area contributed by atoms with Crippen LogP contribution in [0.3, 0.4) is 0 Å². The van der Waals surface area contributed by atoms with E-state index in [2.05, 4.69) is 29.8 Å². The van der Waals surface area contributed by atoms with Crippen LogP contribution in [-0.4, -0.2) is 17.6 Å². The van der Waals surface area contributed by atoms with Gasteiger partial charge in [-0.15, -0.1) is 0 Å². The van der Waals surface area contributed by atoms with Gasteiger partial charge in [-0.1, -0.05) is 13.8 Å². The summed E-state index contributed by atoms with van der Waals surface area (Å²) in [5.41, 5.74) is 6.93. The van der Waals surface area contributed by atoms with Crippen molar-refractivity contribution < 1.29 is 0 Å². The molecule has 1 aromatic heterocycles. The lowest BCUT2D eigenvalue weighted by molar-refractivity contribution is 0.607. The van der Waals surface area contributed by atoms with Crippen LogP contribution in [0.4, 0.5) is 11.5 Å². The molecule has 2 rings (SSSR count). The fourth-order valence-corrected chi connectivity index (χ4v) is 1.86. The molecule has 0 aliphatic heterocycles. The molecule has 1 fully saturated rings. The first kappa shape index (κ1) is 10.3. The molecule has 15 heavy (non-hydrogen) atoms. The van der Waals surface area contributed by atoms with Crippen molar-refractivity contribution >= 4 is 11.5 Å². The van der Waals surface area contributed by atoms with Gasteiger partial charge < -0.3 is 10.6 Å². The van der Waals surface area contributed by atoms with Gasteiger partial charge in [-0.25, -0.2) is 4.98 Å². The highest BCUT2D eigenvalue weighted by Crippen LogP contribution is 2.32. The van der Waals surface area contributed by atoms with E-state index in [9.17, 15) is 0 Å². The van der Waals surface area contributed by atoms with Gasteiger partial charge in [0.15, 0.2) is 0 Å². The van der Waals surface area contributed by atoms with E-state index in [4.69, 9.17) is 5.73 Å². The summed E-state index contributed by atoms with van der Waals surface area (Å²) in [4.78, 5) is 6.49. The van der Waals surface area contributed by atoms with Gasteiger partial charge in [-0.05, 0) is 24.8 Å². The standard InChI is InChI=1S/C12H19N3/c1-9(2)8-15(10-3-4-10)11-5-6-14-12(13)7-11/h5-7,9-10H,3-4,8H2,1-2H3,(H2,13,14). The summed E-state index contributed by atoms with van der Waals surface area (Å²) in [6.07, 6.45) is 4.42. The largest absolute Gasteiger partial charge is 0.384 e. The minimum absolute atomic E-state index is 0.613. The number of hydrogen-bond donors (Lipinski definition) is 1. The normalized spacial score (nSPS) is 15.7. The van der Waals surface area contributed by atoms with Crippen molar-refractivity contribution in [1.82, 2.24) is 4.98 Å². The van der Waals surface area contributed by atoms with Crippen molar-refractivity contribution in [3.05, 3.63) is 18.3 Å². The number of hydrogen-bond acceptors (Lipinski definition) is 3. The second kappa shape index (κ2) is 4.09. The van der Waals surface area contributed by atoms with E-state index in [0.717, 1.165) is 12.6 Å². The maximum absolute atomic E-state index is 5.71. The predicted octanol–water partition coefficient (Wildman–Crippen LogP) is 2.29. The molecule has 3 nitrogen and oxygen atoms in total. The first-order chi connectivity index (χ1) is 7.16. The maximum atomic E-state index is 5.71. The number of rotatable bonds is 4. The second-order valence-corrected chi connectivity index (χ2v) is 4.72. The van der Waals surface area contributed by atoms with Crippen LogP contribution >= 0.6 is 0 Å². The van der Waals surface area contributed by atoms with Gasteiger partial charge in [0.2, 0.25) is 0 Å². The van der Waals surface area contributed by atoms with Crippen LogP contribution in [0.1, 0.15) is 26.7 Å². The number of nitrogens with zero attached hydrogens (tertiary/aromatic N) is 2. The van der Waals surface area contributed by atoms with Gasteiger partial charge in [0.25, 0.3) is 0 Å². The Morgan fingerprint density at radius 1 is 1.53 bits per heavy atom. The van der Waals surface area contributed by atoms with Gasteiger partial charge in [0, 0.05) is 30.5 Å². The van der Waals surface area contributed by atoms with Gasteiger partial charge in [0.1, 0.15) is 5.82 Å². The first-order valence-electron chi connectivity index (χ1n) is 5.65. The average Bonchev–Trinajstić information content (AvgIpc) is 2.97. The molecule has 1 aliphatic carbocycles. The van der Waals surface area contributed by atoms with E-state index < -0.39 is 0 Å². The molecular formula is C12H19N3. The molecule has 1 saturated carbocycles. The monoisotopic (exact) mass is 205 g/mol. The summed E-state index contributed by atoms with van der Waals surface area (Å²) in [6, 6.07) is 4.76. The summed E-state index contributed by atoms with van der Waals surface area (Å²) in [5, 5.41) is 0. The van der Waals surface area contributed by atoms with Crippen LogP contribution in [0, 0.1) is 5.92 Å². The number of pyridine rings is 1. The summed E-state index contributed by atoms with van der Waals surface area (Å²) < 4.78 is 0. The Morgan fingerprint density at radius 3 is 2.80 bits per heavy atom. The summed E-state index contributed by atoms with van der Waals surface area (Å²) in [5.74, 6) is 1.29. The van der Waals surface area contributed by atoms with Crippen molar-refractivity contribution in [3.63, 3.8) is 0 Å². The van der Waals surface area contributed by atoms with Crippen molar-refractivity contribution in [2.24, 2.45) is 5.92 Å². The molecule has 1 heterocycles. The number of nitrogens with two attached hydrogens (primary N) is 1. The Hall–Kier alpha value is -1.25. The zero-order valence-electron chi connectivity index (χ0n) is 9.48. The third kappa shape index (κ3) is 2.61. The Bertz CT molecular complexity index is 331. The van der Waals surface area contributed by atoms with Crippen LogP contribution < -0.4 is 10.6 Å². The van der Waals surface area contributed by atoms with E-state index in [0.29, 0.717) is 11.7 Å². The fraction of sp³-hybridized carbons (Fsp3) is 0.583. The highest BCUT2D eigenvalue weighted by atomic mass is 15.2. The Kier molecular flexibility index (Phi) is 2.80. The minimum atomic E-state index is 0.613. The SMILES string of the molecule is CC(C)CN(c1ccnc(N)c1)C1CC1. The first-order valence-corrected chi connectivity index (χ1v) is 5.65. The predicted molar refractivity (Wildman–Crippen MR) is 63.9 cm³/mol. The topological polar surface area (TPSA) is 42.2 Å². The number of aromatic nitrogens is 1. The molecule has 0 amide bonds. The van der Waals surface area contributed by atoms with Gasteiger partial charge in [0.05, 0.1) is 0 Å². The van der Waals surface area contributed by atoms with Crippen LogP contribution in [0.5, 0.6) is 0 Å². The van der Waals surface area contributed by atoms with Crippen molar-refractivity contribution in [2.45, 2.75) is 32.7 Å². The lowest BCUT2D eigenvalue weighted by Gasteiger charge is -2.26. The molecule has 3 heteroatoms. The Morgan fingerprint density at radius 2 is 2.27 bits per heavy atom. The molecule has 82 valence electrons. The zero-order valence-corrected chi connectivity index (χ0v) is 9.48. The molecule has 0 bridgehead atoms. The second-order valence-electron chi connectivity index (χ2n) is 4.72. The van der Waals surface area contributed by atoms with Gasteiger partial charge in [-0.2, -0.15) is 0 Å². The van der Waals surface area contributed by atoms with E-state index in [1.165, 1.54) is 18.5 Å². The number of nitrogen functional groups attached to an aromatic ring is 1. The summed E-state index contributed by atoms with van der Waals surface area (Å²) >= 11 is 0. The van der Waals surface area contributed by atoms with Crippen molar-refractivity contribution in [1.29, 1.82) is 0 Å². The maximum Gasteiger partial charge on any atom is 0.125 e. The molecule has 0 radical (unpaired) electrons. The van der Waals surface area contributed by atoms with E-state index in [1.807, 2.05) is 6.07 Å². The average molecular weight is 205 g/mol. The van der Waals surface area contributed by atoms with Crippen LogP contribution in [-0.2, 0) is 0 Å². The zero-order chi connectivity index (χ0) is 10.8. The quantitative estimate of drug-likeness (QED) is 0.820. The minimum Gasteiger partial charge on any atom is -0.384 e. The molecular weight excluding hydrogens is 186 g/mol. The molecule has 0 spiro atoms. The lowest BCUT2D eigenvalue weighted by Crippen LogP contribution is -2.29. The van der Waals surface area contributed by atoms with Crippen molar-refractivity contribution in [3.8, 4) is 0 Å². The van der Waals surface area contributed by atoms with Crippen LogP contribution in [0.15, 0.2) is 18.3 Å². The Balaban J connectivity index is 2.16. The number of anilines is 2. The van der Waals surface area contributed by atoms with Crippen LogP contribution in [0.25, 0.3) is 0 Å². The molecule has 0 atom stereocenters. The molecule has 0 unspecified atom stereocenters. The smallest absolute Gasteiger partial charge is 0.125 e. The summed E-state index contributed by atoms with van der Waals surface area (Å²) in [6.45, 7) is 5.61. The van der Waals surface area contributed by atoms with E-state index >= 15 is 0 Å². The molecule has 2 N–H and O–H groups in total.